The maximum Gasteiger partial charge on any atom is 0.332 e. The zero-order chi connectivity index (χ0) is 21.5. The zero-order valence-corrected chi connectivity index (χ0v) is 18.9. The van der Waals surface area contributed by atoms with Crippen LogP contribution in [0.4, 0.5) is 0 Å². The highest BCUT2D eigenvalue weighted by Gasteiger charge is 2.38. The van der Waals surface area contributed by atoms with Crippen LogP contribution in [0.25, 0.3) is 10.2 Å². The third-order valence-electron chi connectivity index (χ3n) is 5.16. The molecule has 0 radical (unpaired) electrons. The van der Waals surface area contributed by atoms with Crippen molar-refractivity contribution >= 4 is 27.5 Å². The summed E-state index contributed by atoms with van der Waals surface area (Å²) < 4.78 is 8.52. The number of rotatable bonds is 7. The van der Waals surface area contributed by atoms with E-state index in [1.165, 1.54) is 15.9 Å². The largest absolute Gasteiger partial charge is 0.459 e. The van der Waals surface area contributed by atoms with Crippen LogP contribution >= 0.6 is 11.3 Å². The Kier molecular flexibility index (Phi) is 6.06. The molecule has 2 aromatic heterocycles. The van der Waals surface area contributed by atoms with Crippen LogP contribution in [-0.2, 0) is 22.6 Å². The smallest absolute Gasteiger partial charge is 0.332 e. The number of carbonyl (C=O) groups is 1. The van der Waals surface area contributed by atoms with Crippen molar-refractivity contribution in [2.24, 2.45) is 5.92 Å². The van der Waals surface area contributed by atoms with Crippen LogP contribution in [0.15, 0.2) is 9.59 Å². The molecule has 160 valence electrons. The summed E-state index contributed by atoms with van der Waals surface area (Å²) in [4.78, 5) is 39.8. The molecule has 0 spiro atoms. The van der Waals surface area contributed by atoms with Crippen molar-refractivity contribution < 1.29 is 9.53 Å². The number of nitrogens with zero attached hydrogens (tertiary/aromatic N) is 2. The van der Waals surface area contributed by atoms with Gasteiger partial charge >= 0.3 is 11.7 Å². The number of esters is 1. The van der Waals surface area contributed by atoms with Gasteiger partial charge in [0, 0.05) is 24.0 Å². The van der Waals surface area contributed by atoms with Crippen LogP contribution < -0.4 is 16.6 Å². The number of hydrogen-bond donors (Lipinski definition) is 1. The number of aromatic nitrogens is 2. The second kappa shape index (κ2) is 8.07. The van der Waals surface area contributed by atoms with E-state index in [9.17, 15) is 14.4 Å². The van der Waals surface area contributed by atoms with Gasteiger partial charge in [0.1, 0.15) is 10.4 Å². The Bertz CT molecular complexity index is 1040. The third kappa shape index (κ3) is 4.48. The molecular weight excluding hydrogens is 390 g/mol. The maximum absolute atomic E-state index is 13.2. The fourth-order valence-corrected chi connectivity index (χ4v) is 4.89. The number of ether oxygens (including phenoxy) is 1. The van der Waals surface area contributed by atoms with Crippen molar-refractivity contribution in [1.82, 2.24) is 14.5 Å². The molecule has 0 saturated heterocycles. The van der Waals surface area contributed by atoms with E-state index >= 15 is 0 Å². The number of aryl methyl sites for hydroxylation is 2. The first-order valence-electron chi connectivity index (χ1n) is 10.2. The average Bonchev–Trinajstić information content (AvgIpc) is 3.21. The van der Waals surface area contributed by atoms with Crippen molar-refractivity contribution in [2.75, 3.05) is 6.54 Å². The first-order valence-corrected chi connectivity index (χ1v) is 11.1. The normalized spacial score (nSPS) is 19.0. The highest BCUT2D eigenvalue weighted by atomic mass is 32.1. The van der Waals surface area contributed by atoms with E-state index in [2.05, 4.69) is 12.2 Å². The molecule has 29 heavy (non-hydrogen) atoms. The van der Waals surface area contributed by atoms with Crippen molar-refractivity contribution in [1.29, 1.82) is 0 Å². The molecule has 0 aliphatic heterocycles. The summed E-state index contributed by atoms with van der Waals surface area (Å²) >= 11 is 1.46. The molecular formula is C21H31N3O4S. The fraction of sp³-hybridized carbons (Fsp3) is 0.667. The molecule has 1 aliphatic carbocycles. The van der Waals surface area contributed by atoms with Gasteiger partial charge in [-0.15, -0.1) is 11.3 Å². The number of fused-ring (bicyclic) bond motifs is 1. The van der Waals surface area contributed by atoms with Gasteiger partial charge in [-0.05, 0) is 52.0 Å². The van der Waals surface area contributed by atoms with Crippen LogP contribution in [0, 0.1) is 12.8 Å². The summed E-state index contributed by atoms with van der Waals surface area (Å²) in [5.41, 5.74) is -0.0151. The van der Waals surface area contributed by atoms with E-state index in [-0.39, 0.29) is 29.8 Å². The lowest BCUT2D eigenvalue weighted by Crippen LogP contribution is -2.39. The highest BCUT2D eigenvalue weighted by Crippen LogP contribution is 2.41. The number of thiophene rings is 1. The van der Waals surface area contributed by atoms with Crippen LogP contribution in [0.1, 0.15) is 63.9 Å². The van der Waals surface area contributed by atoms with Crippen molar-refractivity contribution in [3.05, 3.63) is 31.3 Å². The first-order chi connectivity index (χ1) is 13.5. The molecule has 2 heterocycles. The van der Waals surface area contributed by atoms with Crippen molar-refractivity contribution in [3.63, 3.8) is 0 Å². The number of nitrogens with one attached hydrogen (secondary N) is 1. The molecule has 0 bridgehead atoms. The zero-order valence-electron chi connectivity index (χ0n) is 18.1. The van der Waals surface area contributed by atoms with Crippen molar-refractivity contribution in [2.45, 2.75) is 79.1 Å². The molecule has 0 aromatic carbocycles. The Labute approximate surface area is 174 Å². The summed E-state index contributed by atoms with van der Waals surface area (Å²) in [6, 6.07) is 0.00977. The van der Waals surface area contributed by atoms with E-state index in [0.29, 0.717) is 24.4 Å². The Morgan fingerprint density at radius 1 is 1.31 bits per heavy atom. The minimum atomic E-state index is -0.520. The quantitative estimate of drug-likeness (QED) is 0.695. The van der Waals surface area contributed by atoms with Gasteiger partial charge in [0.05, 0.1) is 11.9 Å². The predicted octanol–water partition coefficient (Wildman–Crippen LogP) is 2.96. The van der Waals surface area contributed by atoms with Crippen LogP contribution in [0.5, 0.6) is 0 Å². The summed E-state index contributed by atoms with van der Waals surface area (Å²) in [5.74, 6) is 0.0473. The highest BCUT2D eigenvalue weighted by molar-refractivity contribution is 7.18. The fourth-order valence-electron chi connectivity index (χ4n) is 3.61. The van der Waals surface area contributed by atoms with Crippen molar-refractivity contribution in [3.8, 4) is 0 Å². The van der Waals surface area contributed by atoms with Gasteiger partial charge in [0.2, 0.25) is 0 Å². The van der Waals surface area contributed by atoms with Crippen LogP contribution in [-0.4, -0.2) is 27.2 Å². The second-order valence-corrected chi connectivity index (χ2v) is 9.99. The molecule has 1 aliphatic rings. The topological polar surface area (TPSA) is 82.3 Å². The van der Waals surface area contributed by atoms with E-state index in [1.54, 1.807) is 4.57 Å². The molecule has 3 rings (SSSR count). The molecule has 0 amide bonds. The monoisotopic (exact) mass is 421 g/mol. The summed E-state index contributed by atoms with van der Waals surface area (Å²) in [5, 5.41) is 3.74. The Hall–Kier alpha value is -1.93. The molecule has 1 N–H and O–H groups in total. The average molecular weight is 422 g/mol. The molecule has 0 unspecified atom stereocenters. The minimum absolute atomic E-state index is 0.00977. The molecule has 7 nitrogen and oxygen atoms in total. The van der Waals surface area contributed by atoms with Gasteiger partial charge in [0.15, 0.2) is 0 Å². The van der Waals surface area contributed by atoms with Gasteiger partial charge in [-0.1, -0.05) is 13.8 Å². The molecule has 8 heteroatoms. The standard InChI is InChI=1S/C21H31N3O4S/c1-7-8-23-19-17(18(26)24(20(23)27)14-9-12(14)2)13(3)15(29-19)10-22-11-16(25)28-21(4,5)6/h12,14,22H,7-11H2,1-6H3/t12-,14-/m0/s1. The minimum Gasteiger partial charge on any atom is -0.459 e. The van der Waals surface area contributed by atoms with Gasteiger partial charge in [0.25, 0.3) is 5.56 Å². The Morgan fingerprint density at radius 2 is 1.97 bits per heavy atom. The van der Waals surface area contributed by atoms with Gasteiger partial charge in [-0.25, -0.2) is 4.79 Å². The van der Waals surface area contributed by atoms with E-state index in [4.69, 9.17) is 4.74 Å². The van der Waals surface area contributed by atoms with Gasteiger partial charge in [-0.2, -0.15) is 0 Å². The molecule has 1 saturated carbocycles. The van der Waals surface area contributed by atoms with E-state index in [1.807, 2.05) is 34.6 Å². The molecule has 2 aromatic rings. The third-order valence-corrected chi connectivity index (χ3v) is 6.48. The Morgan fingerprint density at radius 3 is 2.52 bits per heavy atom. The number of carbonyl (C=O) groups excluding carboxylic acids is 1. The lowest BCUT2D eigenvalue weighted by Gasteiger charge is -2.19. The Balaban J connectivity index is 1.93. The molecule has 2 atom stereocenters. The van der Waals surface area contributed by atoms with E-state index < -0.39 is 5.60 Å². The lowest BCUT2D eigenvalue weighted by atomic mass is 10.2. The van der Waals surface area contributed by atoms with Gasteiger partial charge in [-0.3, -0.25) is 18.7 Å². The van der Waals surface area contributed by atoms with E-state index in [0.717, 1.165) is 28.1 Å². The molecule has 1 fully saturated rings. The van der Waals surface area contributed by atoms with Crippen LogP contribution in [0.3, 0.4) is 0 Å². The first kappa shape index (κ1) is 21.8. The summed E-state index contributed by atoms with van der Waals surface area (Å²) in [6.45, 7) is 12.6. The maximum atomic E-state index is 13.2. The second-order valence-electron chi connectivity index (χ2n) is 8.91. The SMILES string of the molecule is CCCn1c(=O)n([C@H]2C[C@@H]2C)c(=O)c2c(C)c(CNCC(=O)OC(C)(C)C)sc21. The predicted molar refractivity (Wildman–Crippen MR) is 116 cm³/mol. The summed E-state index contributed by atoms with van der Waals surface area (Å²) in [6.07, 6.45) is 1.69. The lowest BCUT2D eigenvalue weighted by molar-refractivity contribution is -0.153. The summed E-state index contributed by atoms with van der Waals surface area (Å²) in [7, 11) is 0. The van der Waals surface area contributed by atoms with Crippen LogP contribution in [0.2, 0.25) is 0 Å². The number of hydrogen-bond acceptors (Lipinski definition) is 6. The van der Waals surface area contributed by atoms with Gasteiger partial charge < -0.3 is 10.1 Å².